The molecule has 2 aromatic rings. The highest BCUT2D eigenvalue weighted by molar-refractivity contribution is 5.79. The number of aliphatic hydroxyl groups is 1. The number of quaternary nitrogens is 2. The van der Waals surface area contributed by atoms with E-state index in [0.717, 1.165) is 55.8 Å². The first-order valence-corrected chi connectivity index (χ1v) is 9.86. The SMILES string of the molecule is C[N+](C)(C)CCOc1ccc2c(c1)C(O)c1cc(OCC[N+](C)(C)C)ccc1-2. The Morgan fingerprint density at radius 3 is 1.46 bits per heavy atom. The molecule has 0 saturated carbocycles. The number of aliphatic hydroxyl groups excluding tert-OH is 1. The van der Waals surface area contributed by atoms with E-state index in [2.05, 4.69) is 42.3 Å². The van der Waals surface area contributed by atoms with E-state index in [4.69, 9.17) is 9.47 Å². The lowest BCUT2D eigenvalue weighted by atomic mass is 10.1. The minimum Gasteiger partial charge on any atom is -0.488 e. The molecule has 0 amide bonds. The van der Waals surface area contributed by atoms with Crippen LogP contribution in [0.3, 0.4) is 0 Å². The van der Waals surface area contributed by atoms with Crippen molar-refractivity contribution in [3.8, 4) is 22.6 Å². The summed E-state index contributed by atoms with van der Waals surface area (Å²) in [5.74, 6) is 1.61. The van der Waals surface area contributed by atoms with Crippen LogP contribution in [-0.4, -0.2) is 82.7 Å². The highest BCUT2D eigenvalue weighted by atomic mass is 16.5. The van der Waals surface area contributed by atoms with Crippen LogP contribution in [-0.2, 0) is 0 Å². The van der Waals surface area contributed by atoms with Crippen molar-refractivity contribution in [1.82, 2.24) is 0 Å². The van der Waals surface area contributed by atoms with Crippen LogP contribution >= 0.6 is 0 Å². The van der Waals surface area contributed by atoms with Gasteiger partial charge in [-0.25, -0.2) is 0 Å². The number of rotatable bonds is 8. The maximum absolute atomic E-state index is 10.9. The first-order chi connectivity index (χ1) is 13.0. The number of fused-ring (bicyclic) bond motifs is 3. The van der Waals surface area contributed by atoms with Crippen LogP contribution in [0.4, 0.5) is 0 Å². The summed E-state index contributed by atoms with van der Waals surface area (Å²) < 4.78 is 13.5. The van der Waals surface area contributed by atoms with Gasteiger partial charge in [-0.15, -0.1) is 0 Å². The van der Waals surface area contributed by atoms with Gasteiger partial charge in [0, 0.05) is 0 Å². The van der Waals surface area contributed by atoms with E-state index < -0.39 is 6.10 Å². The second-order valence-electron chi connectivity index (χ2n) is 9.63. The van der Waals surface area contributed by atoms with E-state index >= 15 is 0 Å². The fourth-order valence-electron chi connectivity index (χ4n) is 3.25. The van der Waals surface area contributed by atoms with Crippen LogP contribution in [0.15, 0.2) is 36.4 Å². The predicted octanol–water partition coefficient (Wildman–Crippen LogP) is 2.92. The molecule has 0 bridgehead atoms. The minimum atomic E-state index is -0.645. The molecule has 5 heteroatoms. The van der Waals surface area contributed by atoms with Gasteiger partial charge in [-0.05, 0) is 46.5 Å². The van der Waals surface area contributed by atoms with Gasteiger partial charge in [-0.3, -0.25) is 0 Å². The van der Waals surface area contributed by atoms with Gasteiger partial charge in [0.05, 0.1) is 42.3 Å². The average Bonchev–Trinajstić information content (AvgIpc) is 2.85. The van der Waals surface area contributed by atoms with E-state index in [1.807, 2.05) is 36.4 Å². The molecule has 152 valence electrons. The summed E-state index contributed by atoms with van der Waals surface area (Å²) in [6.45, 7) is 3.15. The Bertz CT molecular complexity index is 765. The van der Waals surface area contributed by atoms with Gasteiger partial charge in [-0.2, -0.15) is 0 Å². The topological polar surface area (TPSA) is 38.7 Å². The molecule has 1 aliphatic carbocycles. The Balaban J connectivity index is 1.71. The monoisotopic (exact) mass is 386 g/mol. The van der Waals surface area contributed by atoms with Crippen molar-refractivity contribution in [3.63, 3.8) is 0 Å². The average molecular weight is 387 g/mol. The van der Waals surface area contributed by atoms with Crippen LogP contribution < -0.4 is 9.47 Å². The van der Waals surface area contributed by atoms with Gasteiger partial charge in [0.1, 0.15) is 43.9 Å². The lowest BCUT2D eigenvalue weighted by Gasteiger charge is -2.23. The quantitative estimate of drug-likeness (QED) is 0.709. The summed E-state index contributed by atoms with van der Waals surface area (Å²) in [4.78, 5) is 0. The molecule has 0 aliphatic heterocycles. The van der Waals surface area contributed by atoms with E-state index in [9.17, 15) is 5.11 Å². The second-order valence-corrected chi connectivity index (χ2v) is 9.63. The fourth-order valence-corrected chi connectivity index (χ4v) is 3.25. The Kier molecular flexibility index (Phi) is 5.71. The number of benzene rings is 2. The molecule has 0 aromatic heterocycles. The lowest BCUT2D eigenvalue weighted by Crippen LogP contribution is -2.38. The molecule has 5 nitrogen and oxygen atoms in total. The first kappa shape index (κ1) is 20.6. The predicted molar refractivity (Wildman–Crippen MR) is 113 cm³/mol. The summed E-state index contributed by atoms with van der Waals surface area (Å²) in [5, 5.41) is 10.9. The molecule has 0 spiro atoms. The van der Waals surface area contributed by atoms with Crippen molar-refractivity contribution in [2.24, 2.45) is 0 Å². The normalized spacial score (nSPS) is 14.0. The maximum atomic E-state index is 10.9. The highest BCUT2D eigenvalue weighted by Gasteiger charge is 2.28. The van der Waals surface area contributed by atoms with E-state index in [1.165, 1.54) is 0 Å². The van der Waals surface area contributed by atoms with Gasteiger partial charge >= 0.3 is 0 Å². The molecule has 2 aromatic carbocycles. The Hall–Kier alpha value is -2.08. The number of ether oxygens (including phenoxy) is 2. The third-order valence-electron chi connectivity index (χ3n) is 4.99. The van der Waals surface area contributed by atoms with Gasteiger partial charge in [0.15, 0.2) is 0 Å². The molecule has 1 N–H and O–H groups in total. The van der Waals surface area contributed by atoms with Crippen molar-refractivity contribution >= 4 is 0 Å². The van der Waals surface area contributed by atoms with Crippen molar-refractivity contribution in [3.05, 3.63) is 47.5 Å². The highest BCUT2D eigenvalue weighted by Crippen LogP contribution is 2.45. The van der Waals surface area contributed by atoms with Crippen LogP contribution in [0.25, 0.3) is 11.1 Å². The number of nitrogens with zero attached hydrogens (tertiary/aromatic N) is 2. The van der Waals surface area contributed by atoms with Gasteiger partial charge in [0.25, 0.3) is 0 Å². The van der Waals surface area contributed by atoms with Crippen molar-refractivity contribution in [2.75, 3.05) is 68.6 Å². The number of hydrogen-bond acceptors (Lipinski definition) is 3. The smallest absolute Gasteiger partial charge is 0.137 e. The summed E-state index contributed by atoms with van der Waals surface area (Å²) in [6, 6.07) is 12.0. The second kappa shape index (κ2) is 7.74. The largest absolute Gasteiger partial charge is 0.488 e. The molecule has 0 atom stereocenters. The Morgan fingerprint density at radius 1 is 0.714 bits per heavy atom. The summed E-state index contributed by atoms with van der Waals surface area (Å²) in [6.07, 6.45) is -0.645. The zero-order valence-corrected chi connectivity index (χ0v) is 18.0. The summed E-state index contributed by atoms with van der Waals surface area (Å²) in [7, 11) is 12.9. The Morgan fingerprint density at radius 2 is 1.11 bits per heavy atom. The van der Waals surface area contributed by atoms with Crippen molar-refractivity contribution in [1.29, 1.82) is 0 Å². The van der Waals surface area contributed by atoms with Crippen LogP contribution in [0.1, 0.15) is 17.2 Å². The van der Waals surface area contributed by atoms with Gasteiger partial charge in [-0.1, -0.05) is 12.1 Å². The molecule has 28 heavy (non-hydrogen) atoms. The van der Waals surface area contributed by atoms with E-state index in [1.54, 1.807) is 0 Å². The van der Waals surface area contributed by atoms with E-state index in [-0.39, 0.29) is 0 Å². The molecule has 0 unspecified atom stereocenters. The summed E-state index contributed by atoms with van der Waals surface area (Å²) >= 11 is 0. The van der Waals surface area contributed by atoms with Crippen LogP contribution in [0.5, 0.6) is 11.5 Å². The van der Waals surface area contributed by atoms with Crippen molar-refractivity contribution < 1.29 is 23.5 Å². The maximum Gasteiger partial charge on any atom is 0.137 e. The van der Waals surface area contributed by atoms with Crippen molar-refractivity contribution in [2.45, 2.75) is 6.10 Å². The molecule has 0 fully saturated rings. The zero-order chi connectivity index (χ0) is 20.5. The number of likely N-dealkylation sites (N-methyl/N-ethyl adjacent to an activating group) is 2. The molecule has 0 heterocycles. The molecule has 1 aliphatic rings. The molecule has 3 rings (SSSR count). The van der Waals surface area contributed by atoms with Crippen LogP contribution in [0, 0.1) is 0 Å². The van der Waals surface area contributed by atoms with Gasteiger partial charge in [0.2, 0.25) is 0 Å². The third kappa shape index (κ3) is 5.04. The molecule has 0 saturated heterocycles. The van der Waals surface area contributed by atoms with Crippen LogP contribution in [0.2, 0.25) is 0 Å². The lowest BCUT2D eigenvalue weighted by molar-refractivity contribution is -0.870. The third-order valence-corrected chi connectivity index (χ3v) is 4.99. The van der Waals surface area contributed by atoms with Gasteiger partial charge < -0.3 is 23.5 Å². The number of hydrogen-bond donors (Lipinski definition) is 1. The Labute approximate surface area is 168 Å². The standard InChI is InChI=1S/C23H34N2O3/c1-24(2,3)11-13-27-17-7-9-19-20-10-8-18(28-14-12-25(4,5)6)16-22(20)23(26)21(19)15-17/h7-10,15-16,23,26H,11-14H2,1-6H3/q+2. The minimum absolute atomic E-state index is 0.645. The van der Waals surface area contributed by atoms with E-state index in [0.29, 0.717) is 13.2 Å². The summed E-state index contributed by atoms with van der Waals surface area (Å²) in [5.41, 5.74) is 3.95. The first-order valence-electron chi connectivity index (χ1n) is 9.86. The molecular weight excluding hydrogens is 352 g/mol. The fraction of sp³-hybridized carbons (Fsp3) is 0.478. The zero-order valence-electron chi connectivity index (χ0n) is 18.0. The molecule has 0 radical (unpaired) electrons. The molecular formula is C23H34N2O3+2.